The summed E-state index contributed by atoms with van der Waals surface area (Å²) < 4.78 is 5.61. The molecule has 1 amide bonds. The van der Waals surface area contributed by atoms with Crippen LogP contribution < -0.4 is 20.7 Å². The third kappa shape index (κ3) is 6.25. The Labute approximate surface area is 190 Å². The van der Waals surface area contributed by atoms with Crippen LogP contribution in [0.25, 0.3) is 0 Å². The molecule has 0 spiro atoms. The minimum atomic E-state index is -0.178. The molecule has 1 atom stereocenters. The highest BCUT2D eigenvalue weighted by Gasteiger charge is 2.26. The number of rotatable bonds is 8. The third-order valence-electron chi connectivity index (χ3n) is 5.50. The molecule has 1 aliphatic heterocycles. The topological polar surface area (TPSA) is 78.0 Å². The Morgan fingerprint density at radius 3 is 2.69 bits per heavy atom. The molecule has 1 saturated heterocycles. The fraction of sp³-hybridized carbons (Fsp3) is 0.360. The number of carbonyl (C=O) groups is 1. The number of hydrogen-bond acceptors (Lipinski definition) is 4. The van der Waals surface area contributed by atoms with Gasteiger partial charge in [-0.15, -0.1) is 6.42 Å². The summed E-state index contributed by atoms with van der Waals surface area (Å²) in [5.74, 6) is 3.83. The Hall–Kier alpha value is -3.50. The predicted molar refractivity (Wildman–Crippen MR) is 129 cm³/mol. The van der Waals surface area contributed by atoms with Crippen molar-refractivity contribution in [3.8, 4) is 18.1 Å². The molecule has 168 valence electrons. The quantitative estimate of drug-likeness (QED) is 0.339. The largest absolute Gasteiger partial charge is 0.496 e. The molecule has 3 rings (SSSR count). The molecule has 2 aromatic rings. The number of anilines is 1. The Balaban J connectivity index is 1.58. The Morgan fingerprint density at radius 1 is 1.19 bits per heavy atom. The van der Waals surface area contributed by atoms with E-state index < -0.39 is 0 Å². The summed E-state index contributed by atoms with van der Waals surface area (Å²) in [4.78, 5) is 19.1. The van der Waals surface area contributed by atoms with Crippen molar-refractivity contribution < 1.29 is 9.53 Å². The van der Waals surface area contributed by atoms with Crippen molar-refractivity contribution in [1.82, 2.24) is 15.5 Å². The van der Waals surface area contributed by atoms with Crippen LogP contribution in [0.1, 0.15) is 30.0 Å². The Morgan fingerprint density at radius 2 is 1.97 bits per heavy atom. The number of carbonyl (C=O) groups excluding carboxylic acids is 1. The summed E-state index contributed by atoms with van der Waals surface area (Å²) >= 11 is 0. The summed E-state index contributed by atoms with van der Waals surface area (Å²) in [6, 6.07) is 15.5. The summed E-state index contributed by atoms with van der Waals surface area (Å²) in [5, 5.41) is 9.29. The number of terminal acetylenes is 1. The van der Waals surface area contributed by atoms with E-state index in [9.17, 15) is 4.79 Å². The van der Waals surface area contributed by atoms with Crippen LogP contribution >= 0.6 is 0 Å². The lowest BCUT2D eigenvalue weighted by Crippen LogP contribution is -2.45. The Kier molecular flexibility index (Phi) is 8.52. The number of para-hydroxylation sites is 1. The zero-order chi connectivity index (χ0) is 22.8. The van der Waals surface area contributed by atoms with Gasteiger partial charge in [-0.3, -0.25) is 14.7 Å². The van der Waals surface area contributed by atoms with E-state index >= 15 is 0 Å². The summed E-state index contributed by atoms with van der Waals surface area (Å²) in [6.07, 6.45) is 7.81. The summed E-state index contributed by atoms with van der Waals surface area (Å²) in [5.41, 5.74) is 2.53. The van der Waals surface area contributed by atoms with Crippen molar-refractivity contribution in [2.75, 3.05) is 45.7 Å². The van der Waals surface area contributed by atoms with Crippen LogP contribution in [0.3, 0.4) is 0 Å². The second-order valence-corrected chi connectivity index (χ2v) is 7.58. The van der Waals surface area contributed by atoms with E-state index in [1.165, 1.54) is 12.8 Å². The van der Waals surface area contributed by atoms with Crippen LogP contribution in [0.2, 0.25) is 0 Å². The molecule has 0 saturated carbocycles. The smallest absolute Gasteiger partial charge is 0.243 e. The molecule has 1 aliphatic rings. The number of nitrogens with zero attached hydrogens (tertiary/aromatic N) is 2. The van der Waals surface area contributed by atoms with Gasteiger partial charge in [0.05, 0.1) is 19.7 Å². The van der Waals surface area contributed by atoms with Crippen LogP contribution in [0.4, 0.5) is 5.69 Å². The molecule has 0 aliphatic carbocycles. The average molecular weight is 434 g/mol. The first-order valence-electron chi connectivity index (χ1n) is 10.8. The van der Waals surface area contributed by atoms with Crippen molar-refractivity contribution >= 4 is 17.6 Å². The molecular weight excluding hydrogens is 402 g/mol. The molecule has 0 bridgehead atoms. The van der Waals surface area contributed by atoms with E-state index in [1.54, 1.807) is 26.3 Å². The number of methoxy groups -OCH3 is 1. The van der Waals surface area contributed by atoms with Crippen LogP contribution in [0.5, 0.6) is 5.75 Å². The molecule has 1 unspecified atom stereocenters. The van der Waals surface area contributed by atoms with Gasteiger partial charge in [-0.2, -0.15) is 0 Å². The normalized spacial score (nSPS) is 15.0. The molecule has 1 heterocycles. The van der Waals surface area contributed by atoms with Crippen LogP contribution in [0, 0.1) is 12.3 Å². The minimum Gasteiger partial charge on any atom is -0.496 e. The first kappa shape index (κ1) is 23.2. The van der Waals surface area contributed by atoms with Gasteiger partial charge in [0.25, 0.3) is 0 Å². The molecule has 7 nitrogen and oxygen atoms in total. The third-order valence-corrected chi connectivity index (χ3v) is 5.50. The number of benzene rings is 2. The van der Waals surface area contributed by atoms with Crippen LogP contribution in [-0.4, -0.2) is 57.1 Å². The maximum absolute atomic E-state index is 12.4. The summed E-state index contributed by atoms with van der Waals surface area (Å²) in [7, 11) is 3.39. The fourth-order valence-electron chi connectivity index (χ4n) is 3.90. The average Bonchev–Trinajstić information content (AvgIpc) is 3.36. The van der Waals surface area contributed by atoms with Gasteiger partial charge >= 0.3 is 0 Å². The van der Waals surface area contributed by atoms with Crippen molar-refractivity contribution in [2.24, 2.45) is 4.99 Å². The lowest BCUT2D eigenvalue weighted by Gasteiger charge is -2.30. The fourth-order valence-corrected chi connectivity index (χ4v) is 3.90. The van der Waals surface area contributed by atoms with Crippen molar-refractivity contribution in [2.45, 2.75) is 18.9 Å². The van der Waals surface area contributed by atoms with E-state index in [-0.39, 0.29) is 18.5 Å². The maximum Gasteiger partial charge on any atom is 0.243 e. The van der Waals surface area contributed by atoms with Gasteiger partial charge in [-0.25, -0.2) is 0 Å². The standard InChI is InChI=1S/C25H31N5O2/c1-4-19-10-9-11-20(16-19)29-24(31)18-28-25(26-2)27-17-22(30-14-7-8-15-30)21-12-5-6-13-23(21)32-3/h1,5-6,9-13,16,22H,7-8,14-15,17-18H2,2-3H3,(H,29,31)(H2,26,27,28). The highest BCUT2D eigenvalue weighted by molar-refractivity contribution is 5.95. The number of amides is 1. The molecule has 32 heavy (non-hydrogen) atoms. The highest BCUT2D eigenvalue weighted by atomic mass is 16.5. The van der Waals surface area contributed by atoms with E-state index in [0.717, 1.165) is 30.0 Å². The lowest BCUT2D eigenvalue weighted by atomic mass is 10.0. The second kappa shape index (κ2) is 11.8. The first-order valence-corrected chi connectivity index (χ1v) is 10.8. The van der Waals surface area contributed by atoms with Crippen molar-refractivity contribution in [3.05, 3.63) is 59.7 Å². The molecule has 2 aromatic carbocycles. The predicted octanol–water partition coefficient (Wildman–Crippen LogP) is 2.62. The van der Waals surface area contributed by atoms with Gasteiger partial charge in [0.15, 0.2) is 5.96 Å². The van der Waals surface area contributed by atoms with Crippen LogP contribution in [-0.2, 0) is 4.79 Å². The maximum atomic E-state index is 12.4. The van der Waals surface area contributed by atoms with Gasteiger partial charge in [0, 0.05) is 30.4 Å². The van der Waals surface area contributed by atoms with E-state index in [4.69, 9.17) is 11.2 Å². The SMILES string of the molecule is C#Cc1cccc(NC(=O)CNC(=NC)NCC(c2ccccc2OC)N2CCCC2)c1. The van der Waals surface area contributed by atoms with E-state index in [2.05, 4.69) is 37.8 Å². The van der Waals surface area contributed by atoms with E-state index in [1.807, 2.05) is 30.3 Å². The number of nitrogens with one attached hydrogen (secondary N) is 3. The number of ether oxygens (including phenoxy) is 1. The van der Waals surface area contributed by atoms with Gasteiger partial charge in [-0.05, 0) is 50.2 Å². The number of guanidine groups is 1. The highest BCUT2D eigenvalue weighted by Crippen LogP contribution is 2.31. The monoisotopic (exact) mass is 433 g/mol. The van der Waals surface area contributed by atoms with E-state index in [0.29, 0.717) is 18.2 Å². The Bertz CT molecular complexity index is 976. The molecule has 7 heteroatoms. The van der Waals surface area contributed by atoms with Crippen molar-refractivity contribution in [3.63, 3.8) is 0 Å². The minimum absolute atomic E-state index is 0.0863. The van der Waals surface area contributed by atoms with Gasteiger partial charge < -0.3 is 20.7 Å². The molecule has 3 N–H and O–H groups in total. The van der Waals surface area contributed by atoms with Crippen LogP contribution in [0.15, 0.2) is 53.5 Å². The summed E-state index contributed by atoms with van der Waals surface area (Å²) in [6.45, 7) is 2.83. The van der Waals surface area contributed by atoms with Gasteiger partial charge in [0.2, 0.25) is 5.91 Å². The molecule has 0 aromatic heterocycles. The second-order valence-electron chi connectivity index (χ2n) is 7.58. The van der Waals surface area contributed by atoms with Gasteiger partial charge in [-0.1, -0.05) is 30.2 Å². The van der Waals surface area contributed by atoms with Crippen molar-refractivity contribution in [1.29, 1.82) is 0 Å². The first-order chi connectivity index (χ1) is 15.6. The number of likely N-dealkylation sites (tertiary alicyclic amines) is 1. The lowest BCUT2D eigenvalue weighted by molar-refractivity contribution is -0.115. The molecular formula is C25H31N5O2. The van der Waals surface area contributed by atoms with Gasteiger partial charge in [0.1, 0.15) is 5.75 Å². The number of aliphatic imine (C=N–C) groups is 1. The molecule has 0 radical (unpaired) electrons. The zero-order valence-corrected chi connectivity index (χ0v) is 18.7. The number of hydrogen-bond donors (Lipinski definition) is 3. The zero-order valence-electron chi connectivity index (χ0n) is 18.7. The molecule has 1 fully saturated rings.